The Morgan fingerprint density at radius 3 is 2.30 bits per heavy atom. The zero-order valence-electron chi connectivity index (χ0n) is 12.3. The molecule has 0 unspecified atom stereocenters. The number of hydrogen-bond donors (Lipinski definition) is 2. The molecular formula is C17H14BrClO4. The van der Waals surface area contributed by atoms with E-state index in [1.165, 1.54) is 6.92 Å². The molecule has 0 saturated heterocycles. The molecule has 2 aromatic carbocycles. The van der Waals surface area contributed by atoms with Gasteiger partial charge in [-0.1, -0.05) is 39.7 Å². The summed E-state index contributed by atoms with van der Waals surface area (Å²) in [5, 5.41) is 20.1. The standard InChI is InChI=1S/C17H14BrClO4/c1-9-14(16(20)21)11(5-6-18)8-13(15(9)17(22)23)10-3-2-4-12(19)7-10/h2-4,7-8H,5-6H2,1H3,(H,20,21)(H,22,23). The van der Waals surface area contributed by atoms with Crippen molar-refractivity contribution in [1.29, 1.82) is 0 Å². The van der Waals surface area contributed by atoms with Gasteiger partial charge in [0.15, 0.2) is 0 Å². The van der Waals surface area contributed by atoms with Crippen molar-refractivity contribution in [3.63, 3.8) is 0 Å². The van der Waals surface area contributed by atoms with E-state index in [1.807, 2.05) is 0 Å². The number of rotatable bonds is 5. The monoisotopic (exact) mass is 396 g/mol. The summed E-state index contributed by atoms with van der Waals surface area (Å²) >= 11 is 9.30. The number of carboxylic acids is 2. The molecule has 0 saturated carbocycles. The van der Waals surface area contributed by atoms with Crippen molar-refractivity contribution in [3.05, 3.63) is 57.6 Å². The SMILES string of the molecule is Cc1c(C(=O)O)c(CCBr)cc(-c2cccc(Cl)c2)c1C(=O)O. The van der Waals surface area contributed by atoms with Crippen LogP contribution in [0.25, 0.3) is 11.1 Å². The number of halogens is 2. The molecule has 0 aliphatic heterocycles. The van der Waals surface area contributed by atoms with Gasteiger partial charge in [0.25, 0.3) is 0 Å². The van der Waals surface area contributed by atoms with Gasteiger partial charge in [0.05, 0.1) is 11.1 Å². The molecule has 4 nitrogen and oxygen atoms in total. The van der Waals surface area contributed by atoms with Crippen molar-refractivity contribution >= 4 is 39.5 Å². The molecule has 23 heavy (non-hydrogen) atoms. The third kappa shape index (κ3) is 3.57. The molecule has 120 valence electrons. The molecule has 2 aromatic rings. The number of aryl methyl sites for hydroxylation is 1. The molecule has 0 aliphatic carbocycles. The quantitative estimate of drug-likeness (QED) is 0.720. The van der Waals surface area contributed by atoms with Crippen LogP contribution in [0, 0.1) is 6.92 Å². The molecule has 0 aliphatic rings. The van der Waals surface area contributed by atoms with Crippen LogP contribution in [-0.2, 0) is 6.42 Å². The smallest absolute Gasteiger partial charge is 0.336 e. The minimum Gasteiger partial charge on any atom is -0.478 e. The highest BCUT2D eigenvalue weighted by Gasteiger charge is 2.24. The Kier molecular flexibility index (Phi) is 5.44. The van der Waals surface area contributed by atoms with Gasteiger partial charge in [0.1, 0.15) is 0 Å². The summed E-state index contributed by atoms with van der Waals surface area (Å²) in [4.78, 5) is 23.3. The second-order valence-corrected chi connectivity index (χ2v) is 6.25. The summed E-state index contributed by atoms with van der Waals surface area (Å²) in [5.74, 6) is -2.29. The van der Waals surface area contributed by atoms with Gasteiger partial charge in [-0.3, -0.25) is 0 Å². The summed E-state index contributed by atoms with van der Waals surface area (Å²) < 4.78 is 0. The minimum absolute atomic E-state index is 0.0111. The molecule has 0 atom stereocenters. The molecule has 6 heteroatoms. The molecule has 0 bridgehead atoms. The van der Waals surface area contributed by atoms with Gasteiger partial charge in [0.2, 0.25) is 0 Å². The van der Waals surface area contributed by atoms with Crippen LogP contribution in [0.2, 0.25) is 5.02 Å². The molecule has 0 radical (unpaired) electrons. The average Bonchev–Trinajstić information content (AvgIpc) is 2.46. The number of hydrogen-bond acceptors (Lipinski definition) is 2. The Morgan fingerprint density at radius 2 is 1.78 bits per heavy atom. The van der Waals surface area contributed by atoms with E-state index in [0.717, 1.165) is 0 Å². The molecular weight excluding hydrogens is 384 g/mol. The van der Waals surface area contributed by atoms with Gasteiger partial charge in [-0.2, -0.15) is 0 Å². The Balaban J connectivity index is 2.85. The lowest BCUT2D eigenvalue weighted by molar-refractivity contribution is 0.0695. The highest BCUT2D eigenvalue weighted by atomic mass is 79.9. The van der Waals surface area contributed by atoms with Crippen molar-refractivity contribution in [1.82, 2.24) is 0 Å². The molecule has 2 N–H and O–H groups in total. The van der Waals surface area contributed by atoms with Crippen LogP contribution in [0.3, 0.4) is 0 Å². The highest BCUT2D eigenvalue weighted by molar-refractivity contribution is 9.09. The van der Waals surface area contributed by atoms with Crippen molar-refractivity contribution in [2.45, 2.75) is 13.3 Å². The Hall–Kier alpha value is -1.85. The van der Waals surface area contributed by atoms with Crippen LogP contribution < -0.4 is 0 Å². The van der Waals surface area contributed by atoms with Crippen molar-refractivity contribution in [2.24, 2.45) is 0 Å². The van der Waals surface area contributed by atoms with Gasteiger partial charge in [0, 0.05) is 10.4 Å². The summed E-state index contributed by atoms with van der Waals surface area (Å²) in [7, 11) is 0. The van der Waals surface area contributed by atoms with E-state index in [1.54, 1.807) is 30.3 Å². The van der Waals surface area contributed by atoms with E-state index in [9.17, 15) is 19.8 Å². The Labute approximate surface area is 146 Å². The molecule has 0 aromatic heterocycles. The second-order valence-electron chi connectivity index (χ2n) is 5.02. The van der Waals surface area contributed by atoms with Crippen molar-refractivity contribution in [2.75, 3.05) is 5.33 Å². The summed E-state index contributed by atoms with van der Waals surface area (Å²) in [6.45, 7) is 1.53. The first-order valence-electron chi connectivity index (χ1n) is 6.81. The Morgan fingerprint density at radius 1 is 1.13 bits per heavy atom. The van der Waals surface area contributed by atoms with Crippen LogP contribution in [0.5, 0.6) is 0 Å². The van der Waals surface area contributed by atoms with Crippen LogP contribution >= 0.6 is 27.5 Å². The zero-order chi connectivity index (χ0) is 17.1. The van der Waals surface area contributed by atoms with Crippen molar-refractivity contribution in [3.8, 4) is 11.1 Å². The van der Waals surface area contributed by atoms with E-state index in [4.69, 9.17) is 11.6 Å². The maximum atomic E-state index is 11.7. The normalized spacial score (nSPS) is 10.6. The van der Waals surface area contributed by atoms with Crippen LogP contribution in [0.15, 0.2) is 30.3 Å². The maximum absolute atomic E-state index is 11.7. The summed E-state index contributed by atoms with van der Waals surface area (Å²) in [6, 6.07) is 8.48. The summed E-state index contributed by atoms with van der Waals surface area (Å²) in [5.41, 5.74) is 1.99. The number of carboxylic acid groups (broad SMARTS) is 2. The fourth-order valence-corrected chi connectivity index (χ4v) is 3.26. The van der Waals surface area contributed by atoms with E-state index in [0.29, 0.717) is 33.5 Å². The fraction of sp³-hybridized carbons (Fsp3) is 0.176. The van der Waals surface area contributed by atoms with Gasteiger partial charge >= 0.3 is 11.9 Å². The van der Waals surface area contributed by atoms with Gasteiger partial charge in [-0.25, -0.2) is 9.59 Å². The van der Waals surface area contributed by atoms with Gasteiger partial charge in [-0.05, 0) is 53.8 Å². The lowest BCUT2D eigenvalue weighted by atomic mass is 9.88. The van der Waals surface area contributed by atoms with Crippen LogP contribution in [0.1, 0.15) is 31.8 Å². The fourth-order valence-electron chi connectivity index (χ4n) is 2.64. The zero-order valence-corrected chi connectivity index (χ0v) is 14.6. The summed E-state index contributed by atoms with van der Waals surface area (Å²) in [6.07, 6.45) is 0.482. The number of aromatic carboxylic acids is 2. The van der Waals surface area contributed by atoms with Crippen LogP contribution in [0.4, 0.5) is 0 Å². The number of benzene rings is 2. The molecule has 0 spiro atoms. The molecule has 0 fully saturated rings. The topological polar surface area (TPSA) is 74.6 Å². The molecule has 0 amide bonds. The first-order valence-corrected chi connectivity index (χ1v) is 8.31. The van der Waals surface area contributed by atoms with E-state index < -0.39 is 11.9 Å². The third-order valence-corrected chi connectivity index (χ3v) is 4.22. The predicted molar refractivity (Wildman–Crippen MR) is 93.0 cm³/mol. The second kappa shape index (κ2) is 7.15. The van der Waals surface area contributed by atoms with Gasteiger partial charge in [-0.15, -0.1) is 0 Å². The maximum Gasteiger partial charge on any atom is 0.336 e. The van der Waals surface area contributed by atoms with E-state index in [-0.39, 0.29) is 16.7 Å². The largest absolute Gasteiger partial charge is 0.478 e. The molecule has 0 heterocycles. The first kappa shape index (κ1) is 17.5. The lowest BCUT2D eigenvalue weighted by Crippen LogP contribution is -2.13. The van der Waals surface area contributed by atoms with Gasteiger partial charge < -0.3 is 10.2 Å². The number of alkyl halides is 1. The predicted octanol–water partition coefficient (Wildman–Crippen LogP) is 4.65. The van der Waals surface area contributed by atoms with E-state index in [2.05, 4.69) is 15.9 Å². The lowest BCUT2D eigenvalue weighted by Gasteiger charge is -2.16. The third-order valence-electron chi connectivity index (χ3n) is 3.59. The average molecular weight is 398 g/mol. The van der Waals surface area contributed by atoms with Crippen LogP contribution in [-0.4, -0.2) is 27.5 Å². The molecule has 2 rings (SSSR count). The van der Waals surface area contributed by atoms with Crippen molar-refractivity contribution < 1.29 is 19.8 Å². The number of carbonyl (C=O) groups is 2. The first-order chi connectivity index (χ1) is 10.9. The minimum atomic E-state index is -1.16. The highest BCUT2D eigenvalue weighted by Crippen LogP contribution is 2.32. The van der Waals surface area contributed by atoms with E-state index >= 15 is 0 Å². The Bertz CT molecular complexity index is 786.